The highest BCUT2D eigenvalue weighted by Crippen LogP contribution is 2.28. The molecule has 1 aromatic rings. The van der Waals surface area contributed by atoms with Gasteiger partial charge in [0.2, 0.25) is 0 Å². The molecular weight excluding hydrogens is 308 g/mol. The van der Waals surface area contributed by atoms with Crippen LogP contribution in [0.25, 0.3) is 0 Å². The van der Waals surface area contributed by atoms with Gasteiger partial charge >= 0.3 is 0 Å². The SMILES string of the molecule is COc1ccc(CO[C@@H]2O[C@H](CO)[C@H](O)[C@H](O)[C@H]2O)cc1OC. The largest absolute Gasteiger partial charge is 0.493 e. The quantitative estimate of drug-likeness (QED) is 0.526. The van der Waals surface area contributed by atoms with Gasteiger partial charge in [0.15, 0.2) is 17.8 Å². The Hall–Kier alpha value is -1.42. The lowest BCUT2D eigenvalue weighted by Gasteiger charge is -2.39. The molecule has 0 aliphatic carbocycles. The minimum absolute atomic E-state index is 0.0725. The van der Waals surface area contributed by atoms with Crippen LogP contribution in [0.15, 0.2) is 18.2 Å². The van der Waals surface area contributed by atoms with E-state index in [1.165, 1.54) is 14.2 Å². The molecule has 0 spiro atoms. The van der Waals surface area contributed by atoms with Gasteiger partial charge in [0, 0.05) is 0 Å². The van der Waals surface area contributed by atoms with Crippen molar-refractivity contribution in [3.05, 3.63) is 23.8 Å². The van der Waals surface area contributed by atoms with Crippen molar-refractivity contribution in [1.82, 2.24) is 0 Å². The first-order chi connectivity index (χ1) is 11.0. The van der Waals surface area contributed by atoms with Crippen molar-refractivity contribution < 1.29 is 39.4 Å². The second kappa shape index (κ2) is 7.91. The zero-order chi connectivity index (χ0) is 17.0. The molecule has 1 saturated heterocycles. The van der Waals surface area contributed by atoms with Crippen molar-refractivity contribution in [3.8, 4) is 11.5 Å². The number of benzene rings is 1. The van der Waals surface area contributed by atoms with E-state index in [0.29, 0.717) is 11.5 Å². The smallest absolute Gasteiger partial charge is 0.187 e. The molecule has 0 amide bonds. The Morgan fingerprint density at radius 3 is 2.30 bits per heavy atom. The molecule has 2 rings (SSSR count). The highest BCUT2D eigenvalue weighted by molar-refractivity contribution is 5.42. The first kappa shape index (κ1) is 17.9. The van der Waals surface area contributed by atoms with Crippen LogP contribution >= 0.6 is 0 Å². The zero-order valence-corrected chi connectivity index (χ0v) is 13.0. The molecule has 1 fully saturated rings. The Kier molecular flexibility index (Phi) is 6.17. The summed E-state index contributed by atoms with van der Waals surface area (Å²) < 4.78 is 21.0. The fraction of sp³-hybridized carbons (Fsp3) is 0.600. The van der Waals surface area contributed by atoms with E-state index in [2.05, 4.69) is 0 Å². The standard InChI is InChI=1S/C15H22O8/c1-20-9-4-3-8(5-10(9)21-2)7-22-15-14(19)13(18)12(17)11(6-16)23-15/h3-5,11-19H,6-7H2,1-2H3/t11-,12+,13+,14-,15-/m1/s1. The molecule has 8 heteroatoms. The summed E-state index contributed by atoms with van der Waals surface area (Å²) in [6.07, 6.45) is -6.46. The van der Waals surface area contributed by atoms with Gasteiger partial charge in [-0.1, -0.05) is 6.07 Å². The maximum atomic E-state index is 9.90. The zero-order valence-electron chi connectivity index (χ0n) is 13.0. The van der Waals surface area contributed by atoms with Crippen molar-refractivity contribution in [2.75, 3.05) is 20.8 Å². The molecule has 0 saturated carbocycles. The molecule has 0 aromatic heterocycles. The Morgan fingerprint density at radius 2 is 1.70 bits per heavy atom. The Balaban J connectivity index is 2.02. The van der Waals surface area contributed by atoms with Crippen molar-refractivity contribution >= 4 is 0 Å². The van der Waals surface area contributed by atoms with E-state index in [4.69, 9.17) is 24.1 Å². The van der Waals surface area contributed by atoms with Crippen LogP contribution in [-0.4, -0.2) is 72.0 Å². The molecule has 23 heavy (non-hydrogen) atoms. The molecule has 1 aliphatic heterocycles. The highest BCUT2D eigenvalue weighted by atomic mass is 16.7. The fourth-order valence-electron chi connectivity index (χ4n) is 2.35. The topological polar surface area (TPSA) is 118 Å². The van der Waals surface area contributed by atoms with Crippen LogP contribution in [0.4, 0.5) is 0 Å². The van der Waals surface area contributed by atoms with E-state index in [1.54, 1.807) is 18.2 Å². The van der Waals surface area contributed by atoms with Crippen LogP contribution in [0, 0.1) is 0 Å². The number of methoxy groups -OCH3 is 2. The van der Waals surface area contributed by atoms with Crippen LogP contribution in [-0.2, 0) is 16.1 Å². The summed E-state index contributed by atoms with van der Waals surface area (Å²) in [5.41, 5.74) is 0.736. The summed E-state index contributed by atoms with van der Waals surface area (Å²) in [4.78, 5) is 0. The average molecular weight is 330 g/mol. The number of rotatable bonds is 6. The summed E-state index contributed by atoms with van der Waals surface area (Å²) in [6.45, 7) is -0.426. The Labute approximate surface area is 133 Å². The molecule has 1 aliphatic rings. The van der Waals surface area contributed by atoms with E-state index in [-0.39, 0.29) is 6.61 Å². The van der Waals surface area contributed by atoms with Crippen LogP contribution in [0.2, 0.25) is 0 Å². The van der Waals surface area contributed by atoms with Gasteiger partial charge in [-0.05, 0) is 17.7 Å². The summed E-state index contributed by atoms with van der Waals surface area (Å²) in [5.74, 6) is 1.10. The maximum Gasteiger partial charge on any atom is 0.187 e. The van der Waals surface area contributed by atoms with Gasteiger partial charge in [0.05, 0.1) is 27.4 Å². The molecule has 4 N–H and O–H groups in total. The number of hydrogen-bond donors (Lipinski definition) is 4. The molecule has 5 atom stereocenters. The fourth-order valence-corrected chi connectivity index (χ4v) is 2.35. The lowest BCUT2D eigenvalue weighted by Crippen LogP contribution is -2.59. The average Bonchev–Trinajstić information content (AvgIpc) is 2.58. The van der Waals surface area contributed by atoms with Crippen molar-refractivity contribution in [2.24, 2.45) is 0 Å². The van der Waals surface area contributed by atoms with Gasteiger partial charge in [-0.2, -0.15) is 0 Å². The predicted molar refractivity (Wildman–Crippen MR) is 78.1 cm³/mol. The first-order valence-electron chi connectivity index (χ1n) is 7.14. The molecule has 0 radical (unpaired) electrons. The number of hydrogen-bond acceptors (Lipinski definition) is 8. The van der Waals surface area contributed by atoms with Crippen molar-refractivity contribution in [2.45, 2.75) is 37.3 Å². The van der Waals surface area contributed by atoms with Gasteiger partial charge in [-0.25, -0.2) is 0 Å². The van der Waals surface area contributed by atoms with E-state index in [1.807, 2.05) is 0 Å². The minimum atomic E-state index is -1.46. The second-order valence-electron chi connectivity index (χ2n) is 5.20. The predicted octanol–water partition coefficient (Wildman–Crippen LogP) is -0.980. The van der Waals surface area contributed by atoms with Gasteiger partial charge < -0.3 is 39.4 Å². The molecule has 1 heterocycles. The van der Waals surface area contributed by atoms with Crippen molar-refractivity contribution in [1.29, 1.82) is 0 Å². The number of aliphatic hydroxyl groups excluding tert-OH is 4. The van der Waals surface area contributed by atoms with Gasteiger partial charge in [-0.3, -0.25) is 0 Å². The summed E-state index contributed by atoms with van der Waals surface area (Å²) in [7, 11) is 3.04. The van der Waals surface area contributed by atoms with E-state index in [9.17, 15) is 15.3 Å². The molecule has 0 bridgehead atoms. The van der Waals surface area contributed by atoms with Gasteiger partial charge in [0.1, 0.15) is 24.4 Å². The Morgan fingerprint density at radius 1 is 1.00 bits per heavy atom. The molecular formula is C15H22O8. The van der Waals surface area contributed by atoms with Crippen LogP contribution in [0.1, 0.15) is 5.56 Å². The molecule has 130 valence electrons. The lowest BCUT2D eigenvalue weighted by molar-refractivity contribution is -0.304. The molecule has 8 nitrogen and oxygen atoms in total. The van der Waals surface area contributed by atoms with Crippen molar-refractivity contribution in [3.63, 3.8) is 0 Å². The van der Waals surface area contributed by atoms with Crippen LogP contribution in [0.5, 0.6) is 11.5 Å². The third kappa shape index (κ3) is 3.92. The number of aliphatic hydroxyl groups is 4. The monoisotopic (exact) mass is 330 g/mol. The first-order valence-corrected chi connectivity index (χ1v) is 7.14. The van der Waals surface area contributed by atoms with Gasteiger partial charge in [-0.15, -0.1) is 0 Å². The minimum Gasteiger partial charge on any atom is -0.493 e. The van der Waals surface area contributed by atoms with E-state index < -0.39 is 37.3 Å². The highest BCUT2D eigenvalue weighted by Gasteiger charge is 2.43. The number of ether oxygens (including phenoxy) is 4. The van der Waals surface area contributed by atoms with E-state index >= 15 is 0 Å². The van der Waals surface area contributed by atoms with Crippen LogP contribution in [0.3, 0.4) is 0 Å². The molecule has 1 aromatic carbocycles. The van der Waals surface area contributed by atoms with Gasteiger partial charge in [0.25, 0.3) is 0 Å². The summed E-state index contributed by atoms with van der Waals surface area (Å²) in [5, 5.41) is 38.4. The second-order valence-corrected chi connectivity index (χ2v) is 5.20. The third-order valence-corrected chi connectivity index (χ3v) is 3.71. The Bertz CT molecular complexity index is 506. The molecule has 0 unspecified atom stereocenters. The van der Waals surface area contributed by atoms with E-state index in [0.717, 1.165) is 5.56 Å². The lowest BCUT2D eigenvalue weighted by atomic mass is 9.99. The third-order valence-electron chi connectivity index (χ3n) is 3.71. The maximum absolute atomic E-state index is 9.90. The summed E-state index contributed by atoms with van der Waals surface area (Å²) in [6, 6.07) is 5.18. The van der Waals surface area contributed by atoms with Crippen LogP contribution < -0.4 is 9.47 Å². The summed E-state index contributed by atoms with van der Waals surface area (Å²) >= 11 is 0. The normalized spacial score (nSPS) is 31.0.